The second kappa shape index (κ2) is 12.8. The third-order valence-electron chi connectivity index (χ3n) is 4.00. The molecular weight excluding hydrogens is 390 g/mol. The van der Waals surface area contributed by atoms with Gasteiger partial charge in [-0.25, -0.2) is 4.98 Å². The molecule has 29 heavy (non-hydrogen) atoms. The van der Waals surface area contributed by atoms with Crippen LogP contribution in [-0.2, 0) is 16.0 Å². The molecule has 0 aliphatic heterocycles. The summed E-state index contributed by atoms with van der Waals surface area (Å²) in [5.41, 5.74) is 4.41. The van der Waals surface area contributed by atoms with Crippen LogP contribution >= 0.6 is 11.3 Å². The van der Waals surface area contributed by atoms with Gasteiger partial charge in [-0.05, 0) is 37.1 Å². The number of unbranched alkanes of at least 4 members (excludes halogenated alkanes) is 3. The fourth-order valence-corrected chi connectivity index (χ4v) is 3.22. The maximum Gasteiger partial charge on any atom is 0.311 e. The highest BCUT2D eigenvalue weighted by Crippen LogP contribution is 2.28. The van der Waals surface area contributed by atoms with Crippen molar-refractivity contribution >= 4 is 28.7 Å². The van der Waals surface area contributed by atoms with Gasteiger partial charge in [0.2, 0.25) is 5.13 Å². The van der Waals surface area contributed by atoms with Crippen molar-refractivity contribution in [3.63, 3.8) is 0 Å². The molecule has 2 rings (SSSR count). The first-order chi connectivity index (χ1) is 14.2. The summed E-state index contributed by atoms with van der Waals surface area (Å²) in [5, 5.41) is 6.62. The normalized spacial score (nSPS) is 10.9. The highest BCUT2D eigenvalue weighted by molar-refractivity contribution is 7.13. The molecule has 0 aliphatic rings. The van der Waals surface area contributed by atoms with E-state index < -0.39 is 0 Å². The number of carbonyl (C=O) groups is 1. The van der Waals surface area contributed by atoms with Gasteiger partial charge in [0.1, 0.15) is 0 Å². The van der Waals surface area contributed by atoms with Gasteiger partial charge in [-0.3, -0.25) is 10.2 Å². The first-order valence-electron chi connectivity index (χ1n) is 9.86. The van der Waals surface area contributed by atoms with Crippen molar-refractivity contribution in [2.75, 3.05) is 25.7 Å². The van der Waals surface area contributed by atoms with Crippen LogP contribution in [-0.4, -0.2) is 37.5 Å². The van der Waals surface area contributed by atoms with Crippen molar-refractivity contribution in [3.8, 4) is 11.5 Å². The monoisotopic (exact) mass is 419 g/mol. The lowest BCUT2D eigenvalue weighted by Gasteiger charge is -2.11. The van der Waals surface area contributed by atoms with Gasteiger partial charge >= 0.3 is 5.97 Å². The average molecular weight is 420 g/mol. The number of esters is 1. The van der Waals surface area contributed by atoms with Crippen LogP contribution in [0.25, 0.3) is 0 Å². The molecule has 7 nitrogen and oxygen atoms in total. The van der Waals surface area contributed by atoms with E-state index in [0.29, 0.717) is 29.8 Å². The molecule has 0 radical (unpaired) electrons. The van der Waals surface area contributed by atoms with Gasteiger partial charge in [-0.1, -0.05) is 26.2 Å². The SMILES string of the molecule is CCCCCCOc1ccc(C=NNc2nc(CC(=O)OCC)cs2)cc1OC. The van der Waals surface area contributed by atoms with E-state index in [4.69, 9.17) is 14.2 Å². The van der Waals surface area contributed by atoms with Crippen molar-refractivity contribution in [1.82, 2.24) is 4.98 Å². The summed E-state index contributed by atoms with van der Waals surface area (Å²) < 4.78 is 16.2. The summed E-state index contributed by atoms with van der Waals surface area (Å²) in [7, 11) is 1.62. The van der Waals surface area contributed by atoms with E-state index in [1.165, 1.54) is 30.6 Å². The third-order valence-corrected chi connectivity index (χ3v) is 4.80. The van der Waals surface area contributed by atoms with Crippen molar-refractivity contribution in [2.45, 2.75) is 46.0 Å². The molecule has 8 heteroatoms. The van der Waals surface area contributed by atoms with Crippen molar-refractivity contribution in [2.24, 2.45) is 5.10 Å². The maximum atomic E-state index is 11.5. The minimum absolute atomic E-state index is 0.160. The molecule has 1 aromatic heterocycles. The van der Waals surface area contributed by atoms with Crippen molar-refractivity contribution in [1.29, 1.82) is 0 Å². The zero-order valence-corrected chi connectivity index (χ0v) is 18.1. The van der Waals surface area contributed by atoms with Gasteiger partial charge in [-0.2, -0.15) is 5.10 Å². The van der Waals surface area contributed by atoms with Crippen LogP contribution < -0.4 is 14.9 Å². The Morgan fingerprint density at radius 2 is 2.10 bits per heavy atom. The number of carbonyl (C=O) groups excluding carboxylic acids is 1. The van der Waals surface area contributed by atoms with E-state index in [1.807, 2.05) is 23.6 Å². The van der Waals surface area contributed by atoms with Crippen molar-refractivity contribution < 1.29 is 19.0 Å². The number of nitrogens with zero attached hydrogens (tertiary/aromatic N) is 2. The van der Waals surface area contributed by atoms with Gasteiger partial charge in [0.15, 0.2) is 11.5 Å². The zero-order chi connectivity index (χ0) is 20.9. The lowest BCUT2D eigenvalue weighted by atomic mass is 10.2. The van der Waals surface area contributed by atoms with Gasteiger partial charge in [0, 0.05) is 5.38 Å². The van der Waals surface area contributed by atoms with E-state index in [0.717, 1.165) is 17.7 Å². The number of hydrogen-bond donors (Lipinski definition) is 1. The number of hydrogen-bond acceptors (Lipinski definition) is 8. The molecule has 2 aromatic rings. The molecular formula is C21H29N3O4S. The molecule has 158 valence electrons. The third kappa shape index (κ3) is 8.11. The number of hydrazone groups is 1. The predicted molar refractivity (Wildman–Crippen MR) is 116 cm³/mol. The minimum atomic E-state index is -0.285. The molecule has 1 aromatic carbocycles. The molecule has 0 atom stereocenters. The number of nitrogens with one attached hydrogen (secondary N) is 1. The van der Waals surface area contributed by atoms with Gasteiger partial charge in [0.05, 0.1) is 38.7 Å². The molecule has 0 aliphatic carbocycles. The number of benzene rings is 1. The highest BCUT2D eigenvalue weighted by Gasteiger charge is 2.08. The fraction of sp³-hybridized carbons (Fsp3) is 0.476. The smallest absolute Gasteiger partial charge is 0.311 e. The lowest BCUT2D eigenvalue weighted by molar-refractivity contribution is -0.142. The summed E-state index contributed by atoms with van der Waals surface area (Å²) in [5.74, 6) is 1.13. The standard InChI is InChI=1S/C21H29N3O4S/c1-4-6-7-8-11-28-18-10-9-16(12-19(18)26-3)14-22-24-21-23-17(15-29-21)13-20(25)27-5-2/h9-10,12,14-15H,4-8,11,13H2,1-3H3,(H,23,24). The van der Waals surface area contributed by atoms with Crippen molar-refractivity contribution in [3.05, 3.63) is 34.8 Å². The van der Waals surface area contributed by atoms with E-state index in [2.05, 4.69) is 22.4 Å². The summed E-state index contributed by atoms with van der Waals surface area (Å²) in [6, 6.07) is 5.69. The Kier molecular flexibility index (Phi) is 9.99. The molecule has 1 heterocycles. The number of ether oxygens (including phenoxy) is 3. The van der Waals surface area contributed by atoms with Crippen LogP contribution in [0.3, 0.4) is 0 Å². The molecule has 0 saturated heterocycles. The molecule has 0 fully saturated rings. The Labute approximate surface area is 176 Å². The number of rotatable bonds is 13. The Bertz CT molecular complexity index is 792. The number of anilines is 1. The Morgan fingerprint density at radius 1 is 1.24 bits per heavy atom. The highest BCUT2D eigenvalue weighted by atomic mass is 32.1. The van der Waals surface area contributed by atoms with Crippen LogP contribution in [0.4, 0.5) is 5.13 Å². The zero-order valence-electron chi connectivity index (χ0n) is 17.3. The number of aromatic nitrogens is 1. The second-order valence-corrected chi connectivity index (χ2v) is 7.17. The molecule has 1 N–H and O–H groups in total. The first kappa shape index (κ1) is 22.7. The van der Waals surface area contributed by atoms with E-state index in [1.54, 1.807) is 20.2 Å². The Balaban J connectivity index is 1.87. The van der Waals surface area contributed by atoms with E-state index in [9.17, 15) is 4.79 Å². The number of thiazole rings is 1. The second-order valence-electron chi connectivity index (χ2n) is 6.32. The largest absolute Gasteiger partial charge is 0.493 e. The van der Waals surface area contributed by atoms with E-state index >= 15 is 0 Å². The van der Waals surface area contributed by atoms with Crippen LogP contribution in [0.2, 0.25) is 0 Å². The molecule has 0 spiro atoms. The average Bonchev–Trinajstić information content (AvgIpc) is 3.15. The van der Waals surface area contributed by atoms with Crippen LogP contribution in [0.5, 0.6) is 11.5 Å². The molecule has 0 amide bonds. The molecule has 0 unspecified atom stereocenters. The summed E-state index contributed by atoms with van der Waals surface area (Å²) in [6.07, 6.45) is 6.49. The summed E-state index contributed by atoms with van der Waals surface area (Å²) in [4.78, 5) is 15.8. The summed E-state index contributed by atoms with van der Waals surface area (Å²) in [6.45, 7) is 5.02. The topological polar surface area (TPSA) is 82.0 Å². The first-order valence-corrected chi connectivity index (χ1v) is 10.7. The van der Waals surface area contributed by atoms with Gasteiger partial charge in [0.25, 0.3) is 0 Å². The van der Waals surface area contributed by atoms with Gasteiger partial charge in [-0.15, -0.1) is 11.3 Å². The Hall–Kier alpha value is -2.61. The fourth-order valence-electron chi connectivity index (χ4n) is 2.56. The maximum absolute atomic E-state index is 11.5. The van der Waals surface area contributed by atoms with Gasteiger partial charge < -0.3 is 14.2 Å². The number of methoxy groups -OCH3 is 1. The predicted octanol–water partition coefficient (Wildman–Crippen LogP) is 4.66. The molecule has 0 bridgehead atoms. The minimum Gasteiger partial charge on any atom is -0.493 e. The lowest BCUT2D eigenvalue weighted by Crippen LogP contribution is -2.07. The summed E-state index contributed by atoms with van der Waals surface area (Å²) >= 11 is 1.38. The van der Waals surface area contributed by atoms with Crippen LogP contribution in [0.1, 0.15) is 50.8 Å². The van der Waals surface area contributed by atoms with E-state index in [-0.39, 0.29) is 12.4 Å². The van der Waals surface area contributed by atoms with Crippen LogP contribution in [0, 0.1) is 0 Å². The molecule has 0 saturated carbocycles. The quantitative estimate of drug-likeness (QED) is 0.220. The van der Waals surface area contributed by atoms with Crippen LogP contribution in [0.15, 0.2) is 28.7 Å². The Morgan fingerprint density at radius 3 is 2.86 bits per heavy atom.